The van der Waals surface area contributed by atoms with Gasteiger partial charge >= 0.3 is 17.9 Å². The molecule has 6 fully saturated rings. The maximum atomic E-state index is 11.4. The number of methoxy groups -OCH3 is 1. The Balaban J connectivity index is 0.000000287. The minimum absolute atomic E-state index is 0. The fourth-order valence-corrected chi connectivity index (χ4v) is 13.1. The molecule has 0 spiro atoms. The van der Waals surface area contributed by atoms with Crippen LogP contribution in [0, 0.1) is 71.0 Å². The molecule has 0 amide bonds. The van der Waals surface area contributed by atoms with Crippen molar-refractivity contribution in [3.05, 3.63) is 0 Å². The summed E-state index contributed by atoms with van der Waals surface area (Å²) >= 11 is 0. The monoisotopic (exact) mass is 1020 g/mol. The van der Waals surface area contributed by atoms with Crippen LogP contribution in [-0.2, 0) is 28.6 Å². The maximum absolute atomic E-state index is 11.4. The van der Waals surface area contributed by atoms with E-state index in [-0.39, 0.29) is 31.4 Å². The fourth-order valence-electron chi connectivity index (χ4n) is 13.1. The molecule has 0 saturated heterocycles. The van der Waals surface area contributed by atoms with E-state index >= 15 is 0 Å². The Labute approximate surface area is 454 Å². The van der Waals surface area contributed by atoms with Gasteiger partial charge in [0.05, 0.1) is 19.8 Å². The molecule has 0 heterocycles. The molecule has 12 unspecified atom stereocenters. The Morgan fingerprint density at radius 2 is 0.616 bits per heavy atom. The first-order chi connectivity index (χ1) is 35.1. The van der Waals surface area contributed by atoms with E-state index in [0.29, 0.717) is 25.9 Å². The Kier molecular flexibility index (Phi) is 35.7. The number of carbonyl (C=O) groups excluding carboxylic acids is 3. The fraction of sp³-hybridized carbons (Fsp3) is 0.955. The Bertz CT molecular complexity index is 1390. The summed E-state index contributed by atoms with van der Waals surface area (Å²) in [5.41, 5.74) is 0. The van der Waals surface area contributed by atoms with E-state index in [1.165, 1.54) is 200 Å². The van der Waals surface area contributed by atoms with E-state index in [9.17, 15) is 14.4 Å². The van der Waals surface area contributed by atoms with Crippen LogP contribution in [0.3, 0.4) is 0 Å². The molecule has 12 atom stereocenters. The van der Waals surface area contributed by atoms with Gasteiger partial charge in [0.25, 0.3) is 0 Å². The van der Waals surface area contributed by atoms with Crippen molar-refractivity contribution >= 4 is 17.9 Å². The van der Waals surface area contributed by atoms with Crippen LogP contribution in [0.15, 0.2) is 0 Å². The van der Waals surface area contributed by atoms with Gasteiger partial charge in [-0.1, -0.05) is 202 Å². The van der Waals surface area contributed by atoms with Crippen molar-refractivity contribution < 1.29 is 28.6 Å². The van der Waals surface area contributed by atoms with Gasteiger partial charge in [-0.25, -0.2) is 0 Å². The van der Waals surface area contributed by atoms with Crippen LogP contribution in [0.2, 0.25) is 0 Å². The van der Waals surface area contributed by atoms with Crippen molar-refractivity contribution in [3.63, 3.8) is 0 Å². The number of ether oxygens (including phenoxy) is 3. The average Bonchev–Trinajstić information content (AvgIpc) is 4.09. The molecule has 0 aromatic rings. The van der Waals surface area contributed by atoms with Gasteiger partial charge < -0.3 is 14.2 Å². The molecule has 6 aliphatic rings. The second-order valence-electron chi connectivity index (χ2n) is 25.6. The summed E-state index contributed by atoms with van der Waals surface area (Å²) < 4.78 is 14.8. The summed E-state index contributed by atoms with van der Waals surface area (Å²) in [6.45, 7) is 13.1. The summed E-state index contributed by atoms with van der Waals surface area (Å²) in [6.07, 6.45) is 56.2. The third-order valence-electron chi connectivity index (χ3n) is 18.5. The molecular weight excluding hydrogens is 901 g/mol. The molecule has 6 aliphatic carbocycles. The molecule has 0 bridgehead atoms. The molecule has 0 aromatic heterocycles. The molecule has 6 heteroatoms. The highest BCUT2D eigenvalue weighted by molar-refractivity contribution is 5.69. The van der Waals surface area contributed by atoms with Crippen molar-refractivity contribution in [3.8, 4) is 0 Å². The third kappa shape index (κ3) is 32.7. The Hall–Kier alpha value is -1.59. The van der Waals surface area contributed by atoms with E-state index in [1.807, 2.05) is 20.8 Å². The molecule has 0 radical (unpaired) electrons. The zero-order chi connectivity index (χ0) is 51.8. The largest absolute Gasteiger partial charge is 0.469 e. The number of hydrogen-bond donors (Lipinski definition) is 0. The van der Waals surface area contributed by atoms with Crippen LogP contribution in [0.5, 0.6) is 0 Å². The van der Waals surface area contributed by atoms with E-state index in [1.54, 1.807) is 38.5 Å². The second-order valence-corrected chi connectivity index (χ2v) is 25.6. The zero-order valence-electron chi connectivity index (χ0n) is 48.9. The van der Waals surface area contributed by atoms with Crippen LogP contribution >= 0.6 is 0 Å². The highest BCUT2D eigenvalue weighted by atomic mass is 16.5. The van der Waals surface area contributed by atoms with Crippen LogP contribution in [0.4, 0.5) is 0 Å². The molecule has 0 aliphatic heterocycles. The van der Waals surface area contributed by atoms with Crippen LogP contribution < -0.4 is 0 Å². The maximum Gasteiger partial charge on any atom is 0.306 e. The minimum atomic E-state index is -0.0566. The molecule has 428 valence electrons. The summed E-state index contributed by atoms with van der Waals surface area (Å²) in [5.74, 6) is 13.0. The normalized spacial score (nSPS) is 27.6. The van der Waals surface area contributed by atoms with Crippen molar-refractivity contribution in [2.24, 2.45) is 71.0 Å². The minimum Gasteiger partial charge on any atom is -0.469 e. The molecule has 0 N–H and O–H groups in total. The van der Waals surface area contributed by atoms with Gasteiger partial charge in [-0.05, 0) is 169 Å². The number of hydrogen-bond acceptors (Lipinski definition) is 6. The Morgan fingerprint density at radius 1 is 0.356 bits per heavy atom. The Morgan fingerprint density at radius 3 is 0.890 bits per heavy atom. The van der Waals surface area contributed by atoms with Crippen molar-refractivity contribution in [2.45, 2.75) is 325 Å². The lowest BCUT2D eigenvalue weighted by Crippen LogP contribution is -2.10. The van der Waals surface area contributed by atoms with Crippen molar-refractivity contribution in [1.82, 2.24) is 0 Å². The van der Waals surface area contributed by atoms with Crippen molar-refractivity contribution in [2.75, 3.05) is 13.7 Å². The molecule has 73 heavy (non-hydrogen) atoms. The lowest BCUT2D eigenvalue weighted by Gasteiger charge is -2.07. The number of carbonyl (C=O) groups is 3. The first kappa shape index (κ1) is 65.7. The van der Waals surface area contributed by atoms with Gasteiger partial charge in [-0.15, -0.1) is 0 Å². The van der Waals surface area contributed by atoms with Gasteiger partial charge in [0.2, 0.25) is 0 Å². The zero-order valence-corrected chi connectivity index (χ0v) is 48.9. The second kappa shape index (κ2) is 39.7. The molecule has 0 aromatic carbocycles. The predicted molar refractivity (Wildman–Crippen MR) is 309 cm³/mol. The van der Waals surface area contributed by atoms with E-state index in [0.717, 1.165) is 90.3 Å². The standard InChI is InChI=1S/C23H42O2.C22H40O2.C21H38O2.CH4/c1-4-5-9-12-19-15-21(19)17-22-16-20(22)13-10-7-6-8-11-14-23(24)25-18(2)3;1-3-5-9-12-18-15-20(18)17-21-16-19(21)13-10-7-6-8-11-14-22(23)24-4-2;1-3-4-8-11-17-14-19(17)16-20-15-18(20)12-9-6-5-7-10-13-21(22)23-2;/h18-22H,4-17H2,1-3H3;18-21H,3-17H2,1-2H3;17-20H,3-16H2,1-2H3;1H4. The summed E-state index contributed by atoms with van der Waals surface area (Å²) in [6, 6.07) is 0. The number of esters is 3. The lowest BCUT2D eigenvalue weighted by atomic mass is 10.0. The summed E-state index contributed by atoms with van der Waals surface area (Å²) in [7, 11) is 1.48. The third-order valence-corrected chi connectivity index (χ3v) is 18.5. The van der Waals surface area contributed by atoms with Crippen LogP contribution in [-0.4, -0.2) is 37.7 Å². The highest BCUT2D eigenvalue weighted by Gasteiger charge is 2.46. The van der Waals surface area contributed by atoms with E-state index in [2.05, 4.69) is 25.5 Å². The molecule has 6 nitrogen and oxygen atoms in total. The predicted octanol–water partition coefficient (Wildman–Crippen LogP) is 20.2. The SMILES string of the molecule is C.CCCCCC1CC1CC1CC1CCCCCCCC(=O)OC.CCCCCC1CC1CC1CC1CCCCCCCC(=O)OC(C)C.CCCCCC1CC1CC1CC1CCCCCCCC(=O)OCC. The average molecular weight is 1030 g/mol. The van der Waals surface area contributed by atoms with Gasteiger partial charge in [0, 0.05) is 19.3 Å². The highest BCUT2D eigenvalue weighted by Crippen LogP contribution is 2.57. The topological polar surface area (TPSA) is 78.9 Å². The lowest BCUT2D eigenvalue weighted by molar-refractivity contribution is -0.147. The van der Waals surface area contributed by atoms with Gasteiger partial charge in [0.15, 0.2) is 0 Å². The molecule has 6 saturated carbocycles. The van der Waals surface area contributed by atoms with E-state index in [4.69, 9.17) is 9.47 Å². The van der Waals surface area contributed by atoms with Crippen LogP contribution in [0.1, 0.15) is 319 Å². The number of rotatable bonds is 44. The van der Waals surface area contributed by atoms with E-state index < -0.39 is 0 Å². The quantitative estimate of drug-likeness (QED) is 0.0344. The number of unbranched alkanes of at least 4 members (excludes halogenated alkanes) is 18. The van der Waals surface area contributed by atoms with Gasteiger partial charge in [0.1, 0.15) is 0 Å². The molecule has 6 rings (SSSR count). The first-order valence-electron chi connectivity index (χ1n) is 32.5. The van der Waals surface area contributed by atoms with Gasteiger partial charge in [-0.2, -0.15) is 0 Å². The van der Waals surface area contributed by atoms with Crippen molar-refractivity contribution in [1.29, 1.82) is 0 Å². The van der Waals surface area contributed by atoms with Crippen LogP contribution in [0.25, 0.3) is 0 Å². The first-order valence-corrected chi connectivity index (χ1v) is 32.5. The molecular formula is C67H124O6. The summed E-state index contributed by atoms with van der Waals surface area (Å²) in [5, 5.41) is 0. The smallest absolute Gasteiger partial charge is 0.306 e. The summed E-state index contributed by atoms with van der Waals surface area (Å²) in [4.78, 5) is 33.7. The van der Waals surface area contributed by atoms with Gasteiger partial charge in [-0.3, -0.25) is 14.4 Å².